The zero-order valence-electron chi connectivity index (χ0n) is 8.80. The third kappa shape index (κ3) is 2.78. The van der Waals surface area contributed by atoms with Crippen LogP contribution in [0.15, 0.2) is 30.3 Å². The molecule has 1 aromatic rings. The molecule has 0 bridgehead atoms. The number of aliphatic hydroxyl groups is 1. The number of benzene rings is 1. The SMILES string of the molecule is C[C@H](OCc1ccccc1)[C@@H]1O[C@H]1CO. The van der Waals surface area contributed by atoms with E-state index in [0.29, 0.717) is 6.61 Å². The third-order valence-corrected chi connectivity index (χ3v) is 2.62. The smallest absolute Gasteiger partial charge is 0.112 e. The monoisotopic (exact) mass is 208 g/mol. The highest BCUT2D eigenvalue weighted by atomic mass is 16.6. The zero-order valence-corrected chi connectivity index (χ0v) is 8.80. The first-order valence-electron chi connectivity index (χ1n) is 5.23. The zero-order chi connectivity index (χ0) is 10.7. The lowest BCUT2D eigenvalue weighted by atomic mass is 10.2. The average Bonchev–Trinajstić information content (AvgIpc) is 3.06. The van der Waals surface area contributed by atoms with Crippen molar-refractivity contribution in [2.75, 3.05) is 6.61 Å². The van der Waals surface area contributed by atoms with E-state index < -0.39 is 0 Å². The van der Waals surface area contributed by atoms with Crippen molar-refractivity contribution in [2.45, 2.75) is 31.8 Å². The summed E-state index contributed by atoms with van der Waals surface area (Å²) >= 11 is 0. The fourth-order valence-corrected chi connectivity index (χ4v) is 1.61. The van der Waals surface area contributed by atoms with Gasteiger partial charge in [0.05, 0.1) is 19.3 Å². The van der Waals surface area contributed by atoms with Crippen molar-refractivity contribution >= 4 is 0 Å². The van der Waals surface area contributed by atoms with Gasteiger partial charge in [-0.05, 0) is 12.5 Å². The topological polar surface area (TPSA) is 42.0 Å². The molecule has 1 aliphatic rings. The summed E-state index contributed by atoms with van der Waals surface area (Å²) in [6, 6.07) is 10.0. The summed E-state index contributed by atoms with van der Waals surface area (Å²) in [7, 11) is 0. The van der Waals surface area contributed by atoms with E-state index in [1.165, 1.54) is 0 Å². The van der Waals surface area contributed by atoms with Gasteiger partial charge in [-0.15, -0.1) is 0 Å². The Kier molecular flexibility index (Phi) is 3.36. The summed E-state index contributed by atoms with van der Waals surface area (Å²) in [6.45, 7) is 2.66. The van der Waals surface area contributed by atoms with Gasteiger partial charge in [0.2, 0.25) is 0 Å². The largest absolute Gasteiger partial charge is 0.394 e. The molecule has 0 aromatic heterocycles. The Labute approximate surface area is 89.6 Å². The van der Waals surface area contributed by atoms with E-state index in [9.17, 15) is 0 Å². The van der Waals surface area contributed by atoms with Crippen molar-refractivity contribution in [3.8, 4) is 0 Å². The molecule has 82 valence electrons. The molecule has 1 aromatic carbocycles. The van der Waals surface area contributed by atoms with Crippen LogP contribution in [0.25, 0.3) is 0 Å². The van der Waals surface area contributed by atoms with E-state index in [4.69, 9.17) is 14.6 Å². The minimum atomic E-state index is -0.0178. The number of rotatable bonds is 5. The van der Waals surface area contributed by atoms with Gasteiger partial charge in [0.25, 0.3) is 0 Å². The van der Waals surface area contributed by atoms with E-state index in [0.717, 1.165) is 5.56 Å². The number of hydrogen-bond acceptors (Lipinski definition) is 3. The standard InChI is InChI=1S/C12H16O3/c1-9(12-11(7-13)15-12)14-8-10-5-3-2-4-6-10/h2-6,9,11-13H,7-8H2,1H3/t9-,11-,12-/m0/s1. The lowest BCUT2D eigenvalue weighted by Crippen LogP contribution is -2.18. The summed E-state index contributed by atoms with van der Waals surface area (Å²) in [6.07, 6.45) is 0.0943. The molecule has 1 N–H and O–H groups in total. The molecule has 3 heteroatoms. The van der Waals surface area contributed by atoms with Gasteiger partial charge in [-0.25, -0.2) is 0 Å². The van der Waals surface area contributed by atoms with Crippen LogP contribution < -0.4 is 0 Å². The Hall–Kier alpha value is -0.900. The molecule has 15 heavy (non-hydrogen) atoms. The lowest BCUT2D eigenvalue weighted by Gasteiger charge is -2.10. The van der Waals surface area contributed by atoms with Crippen LogP contribution in [0, 0.1) is 0 Å². The van der Waals surface area contributed by atoms with Crippen molar-refractivity contribution in [2.24, 2.45) is 0 Å². The Morgan fingerprint density at radius 3 is 2.73 bits per heavy atom. The van der Waals surface area contributed by atoms with E-state index in [1.807, 2.05) is 37.3 Å². The molecule has 3 nitrogen and oxygen atoms in total. The first-order valence-corrected chi connectivity index (χ1v) is 5.23. The second kappa shape index (κ2) is 4.75. The van der Waals surface area contributed by atoms with E-state index >= 15 is 0 Å². The summed E-state index contributed by atoms with van der Waals surface area (Å²) in [5, 5.41) is 8.83. The van der Waals surface area contributed by atoms with Crippen molar-refractivity contribution in [1.82, 2.24) is 0 Å². The Bertz CT molecular complexity index is 299. The highest BCUT2D eigenvalue weighted by Gasteiger charge is 2.42. The van der Waals surface area contributed by atoms with Gasteiger partial charge in [0.15, 0.2) is 0 Å². The lowest BCUT2D eigenvalue weighted by molar-refractivity contribution is 0.0340. The molecule has 2 rings (SSSR count). The summed E-state index contributed by atoms with van der Waals surface area (Å²) < 4.78 is 10.9. The van der Waals surface area contributed by atoms with Crippen LogP contribution in [-0.4, -0.2) is 30.0 Å². The highest BCUT2D eigenvalue weighted by Crippen LogP contribution is 2.26. The second-order valence-electron chi connectivity index (χ2n) is 3.82. The molecule has 1 fully saturated rings. The average molecular weight is 208 g/mol. The van der Waals surface area contributed by atoms with Gasteiger partial charge in [-0.1, -0.05) is 30.3 Å². The fraction of sp³-hybridized carbons (Fsp3) is 0.500. The molecule has 0 spiro atoms. The Balaban J connectivity index is 1.74. The molecular formula is C12H16O3. The summed E-state index contributed by atoms with van der Waals surface area (Å²) in [4.78, 5) is 0. The van der Waals surface area contributed by atoms with Gasteiger partial charge in [-0.2, -0.15) is 0 Å². The minimum Gasteiger partial charge on any atom is -0.394 e. The molecule has 0 unspecified atom stereocenters. The summed E-state index contributed by atoms with van der Waals surface area (Å²) in [5.74, 6) is 0. The van der Waals surface area contributed by atoms with E-state index in [1.54, 1.807) is 0 Å². The van der Waals surface area contributed by atoms with Crippen molar-refractivity contribution in [3.05, 3.63) is 35.9 Å². The molecular weight excluding hydrogens is 192 g/mol. The number of aliphatic hydroxyl groups excluding tert-OH is 1. The molecule has 0 aliphatic carbocycles. The number of epoxide rings is 1. The maximum absolute atomic E-state index is 8.83. The normalized spacial score (nSPS) is 26.3. The van der Waals surface area contributed by atoms with Crippen molar-refractivity contribution in [1.29, 1.82) is 0 Å². The molecule has 1 aliphatic heterocycles. The van der Waals surface area contributed by atoms with Crippen LogP contribution >= 0.6 is 0 Å². The van der Waals surface area contributed by atoms with Crippen LogP contribution in [0.3, 0.4) is 0 Å². The predicted molar refractivity (Wildman–Crippen MR) is 56.4 cm³/mol. The first-order chi connectivity index (χ1) is 7.31. The third-order valence-electron chi connectivity index (χ3n) is 2.62. The fourth-order valence-electron chi connectivity index (χ4n) is 1.61. The molecule has 1 heterocycles. The Morgan fingerprint density at radius 1 is 1.40 bits per heavy atom. The second-order valence-corrected chi connectivity index (χ2v) is 3.82. The maximum atomic E-state index is 8.83. The van der Waals surface area contributed by atoms with Gasteiger partial charge in [-0.3, -0.25) is 0 Å². The highest BCUT2D eigenvalue weighted by molar-refractivity contribution is 5.13. The van der Waals surface area contributed by atoms with Gasteiger partial charge in [0, 0.05) is 0 Å². The van der Waals surface area contributed by atoms with Crippen LogP contribution in [0.1, 0.15) is 12.5 Å². The molecule has 1 saturated heterocycles. The molecule has 0 saturated carbocycles. The predicted octanol–water partition coefficient (Wildman–Crippen LogP) is 1.35. The van der Waals surface area contributed by atoms with E-state index in [2.05, 4.69) is 0 Å². The van der Waals surface area contributed by atoms with Crippen LogP contribution in [0.4, 0.5) is 0 Å². The number of hydrogen-bond donors (Lipinski definition) is 1. The van der Waals surface area contributed by atoms with Crippen LogP contribution in [0.5, 0.6) is 0 Å². The first kappa shape index (κ1) is 10.6. The van der Waals surface area contributed by atoms with Crippen molar-refractivity contribution < 1.29 is 14.6 Å². The molecule has 0 amide bonds. The quantitative estimate of drug-likeness (QED) is 0.743. The van der Waals surface area contributed by atoms with Crippen molar-refractivity contribution in [3.63, 3.8) is 0 Å². The van der Waals surface area contributed by atoms with Gasteiger partial charge in [0.1, 0.15) is 12.2 Å². The van der Waals surface area contributed by atoms with E-state index in [-0.39, 0.29) is 24.9 Å². The molecule has 3 atom stereocenters. The van der Waals surface area contributed by atoms with Crippen LogP contribution in [-0.2, 0) is 16.1 Å². The number of ether oxygens (including phenoxy) is 2. The van der Waals surface area contributed by atoms with Gasteiger partial charge >= 0.3 is 0 Å². The summed E-state index contributed by atoms with van der Waals surface area (Å²) in [5.41, 5.74) is 1.16. The molecule has 0 radical (unpaired) electrons. The van der Waals surface area contributed by atoms with Gasteiger partial charge < -0.3 is 14.6 Å². The maximum Gasteiger partial charge on any atom is 0.112 e. The van der Waals surface area contributed by atoms with Crippen LogP contribution in [0.2, 0.25) is 0 Å². The Morgan fingerprint density at radius 2 is 2.13 bits per heavy atom. The minimum absolute atomic E-state index is 0.0178.